The third-order valence-electron chi connectivity index (χ3n) is 6.98. The molecule has 2 N–H and O–H groups in total. The van der Waals surface area contributed by atoms with Crippen molar-refractivity contribution in [1.82, 2.24) is 19.4 Å². The van der Waals surface area contributed by atoms with Crippen molar-refractivity contribution in [3.8, 4) is 11.8 Å². The monoisotopic (exact) mass is 478 g/mol. The fraction of sp³-hybridized carbons (Fsp3) is 0.360. The minimum Gasteiger partial charge on any atom is -0.388 e. The standard InChI is InChI=1S/C25H23ClN4O4/c1-14(31)17-7-3-5-16(11-17)6-4-9-29(15(2)32)21-19-12-20(22(33)25(19,21)34)30-10-8-18-23(26)27-13-28-24(18)30/h3,5,7-8,10-11,13,19-22,33-34H,9,12H2,1-2H3/t19-,20-,21?,22+,25+/m1/s1. The summed E-state index contributed by atoms with van der Waals surface area (Å²) in [7, 11) is 0. The van der Waals surface area contributed by atoms with E-state index in [1.54, 1.807) is 36.5 Å². The predicted molar refractivity (Wildman–Crippen MR) is 125 cm³/mol. The van der Waals surface area contributed by atoms with Crippen LogP contribution in [-0.4, -0.2) is 65.6 Å². The number of fused-ring (bicyclic) bond motifs is 2. The fourth-order valence-corrected chi connectivity index (χ4v) is 5.44. The van der Waals surface area contributed by atoms with Gasteiger partial charge in [0.15, 0.2) is 5.78 Å². The molecule has 2 heterocycles. The van der Waals surface area contributed by atoms with Crippen molar-refractivity contribution >= 4 is 34.3 Å². The van der Waals surface area contributed by atoms with Gasteiger partial charge in [0.25, 0.3) is 0 Å². The molecule has 1 aromatic carbocycles. The van der Waals surface area contributed by atoms with Crippen LogP contribution in [0, 0.1) is 17.8 Å². The Morgan fingerprint density at radius 2 is 2.09 bits per heavy atom. The molecular weight excluding hydrogens is 456 g/mol. The van der Waals surface area contributed by atoms with Crippen molar-refractivity contribution < 1.29 is 19.8 Å². The predicted octanol–water partition coefficient (Wildman–Crippen LogP) is 2.22. The number of halogens is 1. The van der Waals surface area contributed by atoms with Crippen LogP contribution in [0.4, 0.5) is 0 Å². The van der Waals surface area contributed by atoms with Gasteiger partial charge in [-0.1, -0.05) is 35.6 Å². The van der Waals surface area contributed by atoms with Gasteiger partial charge in [-0.05, 0) is 31.5 Å². The van der Waals surface area contributed by atoms with Crippen molar-refractivity contribution in [3.63, 3.8) is 0 Å². The molecule has 2 aliphatic carbocycles. The van der Waals surface area contributed by atoms with Crippen LogP contribution >= 0.6 is 11.6 Å². The van der Waals surface area contributed by atoms with Gasteiger partial charge in [-0.2, -0.15) is 0 Å². The van der Waals surface area contributed by atoms with Crippen molar-refractivity contribution in [2.24, 2.45) is 5.92 Å². The number of hydrogen-bond donors (Lipinski definition) is 2. The fourth-order valence-electron chi connectivity index (χ4n) is 5.24. The molecule has 0 spiro atoms. The van der Waals surface area contributed by atoms with E-state index in [2.05, 4.69) is 21.8 Å². The Labute approximate surface area is 201 Å². The minimum absolute atomic E-state index is 0.0465. The molecule has 2 saturated carbocycles. The second kappa shape index (κ2) is 8.20. The van der Waals surface area contributed by atoms with Crippen LogP contribution in [0.3, 0.4) is 0 Å². The Morgan fingerprint density at radius 1 is 1.29 bits per heavy atom. The number of aliphatic hydroxyl groups is 2. The van der Waals surface area contributed by atoms with Crippen LogP contribution in [0.5, 0.6) is 0 Å². The summed E-state index contributed by atoms with van der Waals surface area (Å²) in [6.07, 6.45) is 2.54. The number of Topliss-reactive ketones (excluding diaryl/α,β-unsaturated/α-hetero) is 1. The first kappa shape index (κ1) is 22.5. The first-order valence-corrected chi connectivity index (χ1v) is 11.4. The second-order valence-electron chi connectivity index (χ2n) is 8.90. The summed E-state index contributed by atoms with van der Waals surface area (Å²) in [5.74, 6) is 5.40. The molecule has 2 aromatic heterocycles. The highest BCUT2D eigenvalue weighted by Gasteiger charge is 2.76. The Balaban J connectivity index is 1.34. The lowest BCUT2D eigenvalue weighted by Gasteiger charge is -2.29. The van der Waals surface area contributed by atoms with Crippen LogP contribution in [0.1, 0.15) is 42.2 Å². The Bertz CT molecular complexity index is 1380. The minimum atomic E-state index is -1.42. The zero-order chi connectivity index (χ0) is 24.2. The molecule has 174 valence electrons. The van der Waals surface area contributed by atoms with Crippen molar-refractivity contribution in [2.45, 2.75) is 44.1 Å². The topological polar surface area (TPSA) is 109 Å². The maximum Gasteiger partial charge on any atom is 0.220 e. The van der Waals surface area contributed by atoms with Crippen LogP contribution in [0.2, 0.25) is 5.15 Å². The van der Waals surface area contributed by atoms with Gasteiger partial charge in [-0.15, -0.1) is 0 Å². The highest BCUT2D eigenvalue weighted by Crippen LogP contribution is 2.62. The van der Waals surface area contributed by atoms with E-state index in [4.69, 9.17) is 11.6 Å². The number of benzene rings is 1. The molecule has 0 bridgehead atoms. The summed E-state index contributed by atoms with van der Waals surface area (Å²) in [5, 5.41) is 23.4. The van der Waals surface area contributed by atoms with E-state index < -0.39 is 23.8 Å². The average molecular weight is 479 g/mol. The molecule has 5 atom stereocenters. The van der Waals surface area contributed by atoms with Gasteiger partial charge in [0, 0.05) is 30.2 Å². The van der Waals surface area contributed by atoms with Crippen molar-refractivity contribution in [3.05, 3.63) is 59.1 Å². The molecular formula is C25H23ClN4O4. The van der Waals surface area contributed by atoms with E-state index in [0.717, 1.165) is 0 Å². The van der Waals surface area contributed by atoms with E-state index in [0.29, 0.717) is 33.7 Å². The summed E-state index contributed by atoms with van der Waals surface area (Å²) in [6, 6.07) is 7.85. The van der Waals surface area contributed by atoms with Gasteiger partial charge < -0.3 is 19.7 Å². The van der Waals surface area contributed by atoms with Gasteiger partial charge in [-0.3, -0.25) is 9.59 Å². The maximum absolute atomic E-state index is 12.4. The van der Waals surface area contributed by atoms with Crippen LogP contribution in [0.25, 0.3) is 11.0 Å². The number of hydrogen-bond acceptors (Lipinski definition) is 6. The second-order valence-corrected chi connectivity index (χ2v) is 9.25. The zero-order valence-corrected chi connectivity index (χ0v) is 19.4. The molecule has 1 unspecified atom stereocenters. The van der Waals surface area contributed by atoms with Crippen molar-refractivity contribution in [2.75, 3.05) is 6.54 Å². The first-order valence-electron chi connectivity index (χ1n) is 11.0. The highest BCUT2D eigenvalue weighted by molar-refractivity contribution is 6.33. The van der Waals surface area contributed by atoms with Crippen molar-refractivity contribution in [1.29, 1.82) is 0 Å². The third-order valence-corrected chi connectivity index (χ3v) is 7.28. The molecule has 2 aliphatic rings. The van der Waals surface area contributed by atoms with Gasteiger partial charge in [0.2, 0.25) is 5.91 Å². The lowest BCUT2D eigenvalue weighted by Crippen LogP contribution is -2.44. The Kier molecular flexibility index (Phi) is 5.44. The Morgan fingerprint density at radius 3 is 2.76 bits per heavy atom. The molecule has 2 fully saturated rings. The van der Waals surface area contributed by atoms with Crippen LogP contribution in [0.15, 0.2) is 42.9 Å². The number of nitrogens with zero attached hydrogens (tertiary/aromatic N) is 4. The normalized spacial score (nSPS) is 27.1. The molecule has 0 saturated heterocycles. The molecule has 8 nitrogen and oxygen atoms in total. The van der Waals surface area contributed by atoms with Crippen LogP contribution in [-0.2, 0) is 4.79 Å². The largest absolute Gasteiger partial charge is 0.388 e. The molecule has 0 aliphatic heterocycles. The van der Waals surface area contributed by atoms with E-state index in [9.17, 15) is 19.8 Å². The smallest absolute Gasteiger partial charge is 0.220 e. The molecule has 34 heavy (non-hydrogen) atoms. The highest BCUT2D eigenvalue weighted by atomic mass is 35.5. The van der Waals surface area contributed by atoms with Gasteiger partial charge in [0.05, 0.1) is 24.0 Å². The summed E-state index contributed by atoms with van der Waals surface area (Å²) >= 11 is 6.14. The lowest BCUT2D eigenvalue weighted by molar-refractivity contribution is -0.131. The molecule has 5 rings (SSSR count). The van der Waals surface area contributed by atoms with E-state index in [1.165, 1.54) is 25.1 Å². The van der Waals surface area contributed by atoms with E-state index in [1.807, 2.05) is 4.57 Å². The maximum atomic E-state index is 12.4. The Hall–Kier alpha value is -3.25. The zero-order valence-electron chi connectivity index (χ0n) is 18.6. The summed E-state index contributed by atoms with van der Waals surface area (Å²) < 4.78 is 1.81. The van der Waals surface area contributed by atoms with Gasteiger partial charge in [0.1, 0.15) is 28.8 Å². The molecule has 1 amide bonds. The first-order chi connectivity index (χ1) is 16.2. The summed E-state index contributed by atoms with van der Waals surface area (Å²) in [6.45, 7) is 3.03. The molecule has 9 heteroatoms. The van der Waals surface area contributed by atoms with E-state index in [-0.39, 0.29) is 24.2 Å². The van der Waals surface area contributed by atoms with Gasteiger partial charge >= 0.3 is 0 Å². The van der Waals surface area contributed by atoms with E-state index >= 15 is 0 Å². The third kappa shape index (κ3) is 3.48. The lowest BCUT2D eigenvalue weighted by atomic mass is 10.0. The van der Waals surface area contributed by atoms with Crippen LogP contribution < -0.4 is 0 Å². The molecule has 3 aromatic rings. The summed E-state index contributed by atoms with van der Waals surface area (Å²) in [5.41, 5.74) is 0.415. The average Bonchev–Trinajstić information content (AvgIpc) is 3.07. The number of ketones is 1. The number of carbonyl (C=O) groups is 2. The SMILES string of the molecule is CC(=O)c1cccc(C#CCN(C(C)=O)C2[C@H]3C[C@@H](n4ccc5c(Cl)ncnc54)[C@H](O)[C@@]23O)c1. The summed E-state index contributed by atoms with van der Waals surface area (Å²) in [4.78, 5) is 33.7. The molecule has 0 radical (unpaired) electrons. The number of carbonyl (C=O) groups excluding carboxylic acids is 2. The number of amides is 1. The number of aromatic nitrogens is 3. The van der Waals surface area contributed by atoms with Gasteiger partial charge in [-0.25, -0.2) is 9.97 Å². The number of rotatable bonds is 4. The quantitative estimate of drug-likeness (QED) is 0.338. The number of aliphatic hydroxyl groups excluding tert-OH is 1.